The maximum absolute atomic E-state index is 10.8. The molecule has 0 spiro atoms. The number of rotatable bonds is 23. The van der Waals surface area contributed by atoms with Gasteiger partial charge < -0.3 is 0 Å². The van der Waals surface area contributed by atoms with E-state index in [0.717, 1.165) is 6.42 Å². The van der Waals surface area contributed by atoms with Gasteiger partial charge in [-0.25, -0.2) is 0 Å². The Morgan fingerprint density at radius 1 is 0.727 bits per heavy atom. The summed E-state index contributed by atoms with van der Waals surface area (Å²) in [6.07, 6.45) is 22.5. The van der Waals surface area contributed by atoms with Crippen LogP contribution in [0.5, 0.6) is 0 Å². The van der Waals surface area contributed by atoms with Gasteiger partial charge in [0.25, 0.3) is 0 Å². The van der Waals surface area contributed by atoms with Crippen LogP contribution < -0.4 is 4.46 Å². The van der Waals surface area contributed by atoms with E-state index in [1.165, 1.54) is 101 Å². The van der Waals surface area contributed by atoms with Crippen LogP contribution in [0.4, 0.5) is 0 Å². The van der Waals surface area contributed by atoms with Crippen molar-refractivity contribution < 1.29 is 15.0 Å². The molecule has 33 heavy (non-hydrogen) atoms. The number of hydrogen-bond acceptors (Lipinski definition) is 2. The van der Waals surface area contributed by atoms with Gasteiger partial charge >= 0.3 is 172 Å². The van der Waals surface area contributed by atoms with Gasteiger partial charge in [-0.2, -0.15) is 0 Å². The predicted molar refractivity (Wildman–Crippen MR) is 143 cm³/mol. The third-order valence-electron chi connectivity index (χ3n) is 6.44. The number of carbonyl (C=O) groups is 1. The van der Waals surface area contributed by atoms with Gasteiger partial charge in [-0.3, -0.25) is 0 Å². The fraction of sp³-hybridized carbons (Fsp3) is 0.759. The zero-order valence-corrected chi connectivity index (χ0v) is 22.9. The molecule has 0 fully saturated rings. The summed E-state index contributed by atoms with van der Waals surface area (Å²) in [5, 5.41) is 19.6. The summed E-state index contributed by atoms with van der Waals surface area (Å²) in [6.45, 7) is 2.28. The standard InChI is InChI=1S/C29H50O3Se/c1-2-3-4-5-6-7-8-9-10-11-12-13-14-15-19-24-28(27(30)23-20-25-29(31)32)33-26-21-17-16-18-22-26/h16-18,21-22,27-28,30H,2-15,19-20,23-25H2,1H3,(H,31,32). The number of benzene rings is 1. The molecule has 3 nitrogen and oxygen atoms in total. The van der Waals surface area contributed by atoms with Crippen LogP contribution in [0.15, 0.2) is 30.3 Å². The van der Waals surface area contributed by atoms with Crippen molar-refractivity contribution in [3.05, 3.63) is 30.3 Å². The third kappa shape index (κ3) is 18.2. The van der Waals surface area contributed by atoms with Gasteiger partial charge in [0.05, 0.1) is 0 Å². The van der Waals surface area contributed by atoms with E-state index in [0.29, 0.717) is 12.8 Å². The van der Waals surface area contributed by atoms with Crippen molar-refractivity contribution in [1.82, 2.24) is 0 Å². The molecule has 190 valence electrons. The predicted octanol–water partition coefficient (Wildman–Crippen LogP) is 7.68. The van der Waals surface area contributed by atoms with Gasteiger partial charge in [0.1, 0.15) is 0 Å². The summed E-state index contributed by atoms with van der Waals surface area (Å²) in [5.41, 5.74) is 0. The number of hydrogen-bond donors (Lipinski definition) is 2. The fourth-order valence-electron chi connectivity index (χ4n) is 4.37. The molecule has 2 atom stereocenters. The van der Waals surface area contributed by atoms with E-state index in [-0.39, 0.29) is 32.3 Å². The van der Waals surface area contributed by atoms with Crippen LogP contribution in [0.1, 0.15) is 129 Å². The number of carboxylic acids is 1. The second-order valence-electron chi connectivity index (χ2n) is 9.56. The van der Waals surface area contributed by atoms with Crippen LogP contribution in [-0.2, 0) is 4.79 Å². The van der Waals surface area contributed by atoms with Crippen molar-refractivity contribution in [2.24, 2.45) is 0 Å². The van der Waals surface area contributed by atoms with E-state index in [1.54, 1.807) is 0 Å². The van der Waals surface area contributed by atoms with E-state index < -0.39 is 5.97 Å². The molecule has 2 N–H and O–H groups in total. The van der Waals surface area contributed by atoms with Crippen molar-refractivity contribution in [1.29, 1.82) is 0 Å². The van der Waals surface area contributed by atoms with Gasteiger partial charge in [0.15, 0.2) is 0 Å². The van der Waals surface area contributed by atoms with Crippen LogP contribution in [0.25, 0.3) is 0 Å². The number of carboxylic acid groups (broad SMARTS) is 1. The molecule has 4 heteroatoms. The van der Waals surface area contributed by atoms with Crippen LogP contribution in [-0.4, -0.2) is 37.2 Å². The van der Waals surface area contributed by atoms with Gasteiger partial charge in [-0.15, -0.1) is 0 Å². The van der Waals surface area contributed by atoms with Gasteiger partial charge in [0.2, 0.25) is 0 Å². The van der Waals surface area contributed by atoms with Crippen molar-refractivity contribution in [3.63, 3.8) is 0 Å². The van der Waals surface area contributed by atoms with Crippen molar-refractivity contribution in [2.75, 3.05) is 0 Å². The first-order chi connectivity index (χ1) is 16.1. The third-order valence-corrected chi connectivity index (χ3v) is 9.37. The molecule has 0 aliphatic heterocycles. The maximum atomic E-state index is 10.8. The molecule has 1 aromatic carbocycles. The number of unbranched alkanes of at least 4 members (excludes halogenated alkanes) is 14. The summed E-state index contributed by atoms with van der Waals surface area (Å²) in [7, 11) is 0. The minimum atomic E-state index is -0.769. The van der Waals surface area contributed by atoms with E-state index >= 15 is 0 Å². The Morgan fingerprint density at radius 3 is 1.70 bits per heavy atom. The molecule has 0 heterocycles. The van der Waals surface area contributed by atoms with E-state index in [4.69, 9.17) is 5.11 Å². The summed E-state index contributed by atoms with van der Waals surface area (Å²) in [4.78, 5) is 11.1. The monoisotopic (exact) mass is 526 g/mol. The second-order valence-corrected chi connectivity index (χ2v) is 12.3. The second kappa shape index (κ2) is 21.7. The number of aliphatic hydroxyl groups is 1. The molecule has 2 unspecified atom stereocenters. The molecule has 1 aromatic rings. The first-order valence-electron chi connectivity index (χ1n) is 13.7. The molecular weight excluding hydrogens is 475 g/mol. The van der Waals surface area contributed by atoms with Gasteiger partial charge in [-0.1, -0.05) is 39.0 Å². The van der Waals surface area contributed by atoms with Crippen LogP contribution >= 0.6 is 0 Å². The number of aliphatic hydroxyl groups excluding tert-OH is 1. The summed E-state index contributed by atoms with van der Waals surface area (Å²) < 4.78 is 1.33. The Morgan fingerprint density at radius 2 is 1.21 bits per heavy atom. The minimum absolute atomic E-state index is 0.154. The SMILES string of the molecule is CCCCCCCCCCCCCCCCCC([Se]c1ccccc1)C(O)CCCC(=O)O. The van der Waals surface area contributed by atoms with Crippen LogP contribution in [0, 0.1) is 0 Å². The Hall–Kier alpha value is -0.831. The Balaban J connectivity index is 2.10. The topological polar surface area (TPSA) is 57.5 Å². The van der Waals surface area contributed by atoms with Gasteiger partial charge in [-0.05, 0) is 0 Å². The molecular formula is C29H50O3Se. The molecule has 0 bridgehead atoms. The molecule has 1 rings (SSSR count). The average Bonchev–Trinajstić information content (AvgIpc) is 2.81. The number of aliphatic carboxylic acids is 1. The summed E-state index contributed by atoms with van der Waals surface area (Å²) in [6, 6.07) is 10.5. The average molecular weight is 526 g/mol. The molecule has 0 aromatic heterocycles. The Labute approximate surface area is 210 Å². The molecule has 0 amide bonds. The zero-order chi connectivity index (χ0) is 24.0. The first-order valence-corrected chi connectivity index (χ1v) is 15.6. The molecule has 0 saturated carbocycles. The van der Waals surface area contributed by atoms with E-state index in [1.807, 2.05) is 6.07 Å². The van der Waals surface area contributed by atoms with Crippen molar-refractivity contribution in [2.45, 2.75) is 140 Å². The van der Waals surface area contributed by atoms with Crippen molar-refractivity contribution in [3.8, 4) is 0 Å². The van der Waals surface area contributed by atoms with Crippen LogP contribution in [0.2, 0.25) is 4.82 Å². The van der Waals surface area contributed by atoms with Crippen molar-refractivity contribution >= 4 is 25.4 Å². The summed E-state index contributed by atoms with van der Waals surface area (Å²) in [5.74, 6) is -0.769. The zero-order valence-electron chi connectivity index (χ0n) is 21.2. The van der Waals surface area contributed by atoms with Gasteiger partial charge in [0, 0.05) is 0 Å². The normalized spacial score (nSPS) is 13.2. The molecule has 0 aliphatic carbocycles. The summed E-state index contributed by atoms with van der Waals surface area (Å²) >= 11 is 0.236. The molecule has 0 saturated heterocycles. The Kier molecular flexibility index (Phi) is 19.8. The van der Waals surface area contributed by atoms with Crippen LogP contribution in [0.3, 0.4) is 0 Å². The van der Waals surface area contributed by atoms with E-state index in [2.05, 4.69) is 31.2 Å². The Bertz CT molecular complexity index is 563. The first kappa shape index (κ1) is 30.2. The fourth-order valence-corrected chi connectivity index (χ4v) is 6.97. The quantitative estimate of drug-likeness (QED) is 0.114. The van der Waals surface area contributed by atoms with E-state index in [9.17, 15) is 9.90 Å². The molecule has 0 aliphatic rings. The molecule has 0 radical (unpaired) electrons.